The lowest BCUT2D eigenvalue weighted by Crippen LogP contribution is -2.06. The third kappa shape index (κ3) is 3.53. The summed E-state index contributed by atoms with van der Waals surface area (Å²) >= 11 is 0. The van der Waals surface area contributed by atoms with E-state index in [0.29, 0.717) is 17.1 Å². The van der Waals surface area contributed by atoms with Gasteiger partial charge in [-0.1, -0.05) is 13.8 Å². The zero-order chi connectivity index (χ0) is 13.9. The maximum Gasteiger partial charge on any atom is 0.236 e. The first-order valence-corrected chi connectivity index (χ1v) is 7.94. The van der Waals surface area contributed by atoms with Gasteiger partial charge < -0.3 is 9.47 Å². The SMILES string of the molecule is COc1ccc(OC)c(C(C)C)c1CS(=O)(=O)Cl. The van der Waals surface area contributed by atoms with Crippen LogP contribution in [0, 0.1) is 0 Å². The summed E-state index contributed by atoms with van der Waals surface area (Å²) in [6.45, 7) is 3.92. The fraction of sp³-hybridized carbons (Fsp3) is 0.500. The molecule has 1 aromatic carbocycles. The molecule has 0 bridgehead atoms. The summed E-state index contributed by atoms with van der Waals surface area (Å²) in [7, 11) is 4.74. The predicted octanol–water partition coefficient (Wildman–Crippen LogP) is 2.90. The van der Waals surface area contributed by atoms with Crippen molar-refractivity contribution in [1.29, 1.82) is 0 Å². The second-order valence-electron chi connectivity index (χ2n) is 4.20. The molecule has 0 aliphatic rings. The van der Waals surface area contributed by atoms with Crippen LogP contribution in [0.4, 0.5) is 0 Å². The van der Waals surface area contributed by atoms with E-state index in [2.05, 4.69) is 0 Å². The molecule has 0 N–H and O–H groups in total. The highest BCUT2D eigenvalue weighted by Crippen LogP contribution is 2.37. The van der Waals surface area contributed by atoms with Crippen LogP contribution in [0.25, 0.3) is 0 Å². The molecular formula is C12H17ClO4S. The minimum Gasteiger partial charge on any atom is -0.496 e. The zero-order valence-corrected chi connectivity index (χ0v) is 12.4. The first-order valence-electron chi connectivity index (χ1n) is 5.46. The molecule has 0 saturated carbocycles. The molecular weight excluding hydrogens is 276 g/mol. The molecule has 0 unspecified atom stereocenters. The van der Waals surface area contributed by atoms with Gasteiger partial charge in [0.15, 0.2) is 0 Å². The van der Waals surface area contributed by atoms with Gasteiger partial charge in [0.1, 0.15) is 11.5 Å². The van der Waals surface area contributed by atoms with Crippen molar-refractivity contribution in [1.82, 2.24) is 0 Å². The Kier molecular flexibility index (Phi) is 4.87. The Balaban J connectivity index is 3.50. The lowest BCUT2D eigenvalue weighted by molar-refractivity contribution is 0.393. The van der Waals surface area contributed by atoms with Gasteiger partial charge in [-0.15, -0.1) is 0 Å². The highest BCUT2D eigenvalue weighted by Gasteiger charge is 2.21. The van der Waals surface area contributed by atoms with E-state index >= 15 is 0 Å². The Hall–Kier alpha value is -0.940. The molecule has 102 valence electrons. The lowest BCUT2D eigenvalue weighted by Gasteiger charge is -2.19. The first-order chi connectivity index (χ1) is 8.30. The van der Waals surface area contributed by atoms with Gasteiger partial charge in [0.2, 0.25) is 9.05 Å². The maximum absolute atomic E-state index is 11.3. The molecule has 0 atom stereocenters. The summed E-state index contributed by atoms with van der Waals surface area (Å²) < 4.78 is 33.1. The Morgan fingerprint density at radius 2 is 1.67 bits per heavy atom. The molecule has 1 rings (SSSR count). The zero-order valence-electron chi connectivity index (χ0n) is 10.9. The fourth-order valence-electron chi connectivity index (χ4n) is 1.95. The van der Waals surface area contributed by atoms with E-state index in [1.165, 1.54) is 7.11 Å². The average Bonchev–Trinajstić information content (AvgIpc) is 2.25. The van der Waals surface area contributed by atoms with Gasteiger partial charge in [0.25, 0.3) is 0 Å². The molecule has 0 heterocycles. The quantitative estimate of drug-likeness (QED) is 0.783. The van der Waals surface area contributed by atoms with Crippen molar-refractivity contribution in [3.05, 3.63) is 23.3 Å². The molecule has 0 aliphatic heterocycles. The summed E-state index contributed by atoms with van der Waals surface area (Å²) in [4.78, 5) is 0. The average molecular weight is 293 g/mol. The van der Waals surface area contributed by atoms with Crippen molar-refractivity contribution >= 4 is 19.7 Å². The number of halogens is 1. The van der Waals surface area contributed by atoms with E-state index in [-0.39, 0.29) is 11.7 Å². The Morgan fingerprint density at radius 3 is 2.06 bits per heavy atom. The van der Waals surface area contributed by atoms with Crippen molar-refractivity contribution in [3.63, 3.8) is 0 Å². The molecule has 4 nitrogen and oxygen atoms in total. The van der Waals surface area contributed by atoms with Crippen LogP contribution in [-0.2, 0) is 14.8 Å². The number of ether oxygens (including phenoxy) is 2. The second-order valence-corrected chi connectivity index (χ2v) is 6.98. The van der Waals surface area contributed by atoms with Gasteiger partial charge in [-0.3, -0.25) is 0 Å². The Labute approximate surface area is 112 Å². The normalized spacial score (nSPS) is 11.7. The third-order valence-corrected chi connectivity index (χ3v) is 3.57. The summed E-state index contributed by atoms with van der Waals surface area (Å²) in [6.07, 6.45) is 0. The Bertz CT molecular complexity index is 523. The monoisotopic (exact) mass is 292 g/mol. The van der Waals surface area contributed by atoms with E-state index in [1.807, 2.05) is 13.8 Å². The molecule has 0 aromatic heterocycles. The van der Waals surface area contributed by atoms with Gasteiger partial charge in [-0.05, 0) is 18.1 Å². The highest BCUT2D eigenvalue weighted by atomic mass is 35.7. The minimum atomic E-state index is -3.65. The van der Waals surface area contributed by atoms with Gasteiger partial charge in [0, 0.05) is 21.8 Å². The van der Waals surface area contributed by atoms with E-state index in [0.717, 1.165) is 5.56 Å². The lowest BCUT2D eigenvalue weighted by atomic mass is 9.96. The predicted molar refractivity (Wildman–Crippen MR) is 72.1 cm³/mol. The summed E-state index contributed by atoms with van der Waals surface area (Å²) in [5.41, 5.74) is 1.36. The van der Waals surface area contributed by atoms with Gasteiger partial charge in [0.05, 0.1) is 20.0 Å². The number of rotatable bonds is 5. The van der Waals surface area contributed by atoms with Crippen LogP contribution in [0.1, 0.15) is 30.9 Å². The number of hydrogen-bond acceptors (Lipinski definition) is 4. The van der Waals surface area contributed by atoms with Crippen molar-refractivity contribution < 1.29 is 17.9 Å². The van der Waals surface area contributed by atoms with Crippen molar-refractivity contribution in [2.75, 3.05) is 14.2 Å². The molecule has 0 spiro atoms. The van der Waals surface area contributed by atoms with E-state index in [9.17, 15) is 8.42 Å². The van der Waals surface area contributed by atoms with Crippen LogP contribution in [0.5, 0.6) is 11.5 Å². The van der Waals surface area contributed by atoms with E-state index in [1.54, 1.807) is 19.2 Å². The molecule has 0 saturated heterocycles. The summed E-state index contributed by atoms with van der Waals surface area (Å²) in [5.74, 6) is 0.968. The molecule has 0 radical (unpaired) electrons. The number of hydrogen-bond donors (Lipinski definition) is 0. The van der Waals surface area contributed by atoms with Crippen LogP contribution in [0.15, 0.2) is 12.1 Å². The third-order valence-electron chi connectivity index (χ3n) is 2.61. The number of methoxy groups -OCH3 is 2. The van der Waals surface area contributed by atoms with Gasteiger partial charge in [-0.25, -0.2) is 8.42 Å². The number of benzene rings is 1. The smallest absolute Gasteiger partial charge is 0.236 e. The molecule has 6 heteroatoms. The second kappa shape index (κ2) is 5.80. The molecule has 0 amide bonds. The van der Waals surface area contributed by atoms with E-state index < -0.39 is 9.05 Å². The maximum atomic E-state index is 11.3. The van der Waals surface area contributed by atoms with E-state index in [4.69, 9.17) is 20.2 Å². The highest BCUT2D eigenvalue weighted by molar-refractivity contribution is 8.13. The fourth-order valence-corrected chi connectivity index (χ4v) is 2.92. The van der Waals surface area contributed by atoms with Gasteiger partial charge >= 0.3 is 0 Å². The van der Waals surface area contributed by atoms with Gasteiger partial charge in [-0.2, -0.15) is 0 Å². The van der Waals surface area contributed by atoms with Crippen LogP contribution >= 0.6 is 10.7 Å². The summed E-state index contributed by atoms with van der Waals surface area (Å²) in [5, 5.41) is 0. The molecule has 18 heavy (non-hydrogen) atoms. The molecule has 0 aliphatic carbocycles. The largest absolute Gasteiger partial charge is 0.496 e. The standard InChI is InChI=1S/C12H17ClO4S/c1-8(2)12-9(7-18(13,14)15)10(16-3)5-6-11(12)17-4/h5-6,8H,7H2,1-4H3. The molecule has 0 fully saturated rings. The topological polar surface area (TPSA) is 52.6 Å². The first kappa shape index (κ1) is 15.1. The van der Waals surface area contributed by atoms with Crippen molar-refractivity contribution in [3.8, 4) is 11.5 Å². The summed E-state index contributed by atoms with van der Waals surface area (Å²) in [6, 6.07) is 3.45. The van der Waals surface area contributed by atoms with Crippen LogP contribution < -0.4 is 9.47 Å². The van der Waals surface area contributed by atoms with Crippen LogP contribution in [0.3, 0.4) is 0 Å². The minimum absolute atomic E-state index is 0.100. The Morgan fingerprint density at radius 1 is 1.17 bits per heavy atom. The molecule has 1 aromatic rings. The van der Waals surface area contributed by atoms with Crippen LogP contribution in [-0.4, -0.2) is 22.6 Å². The van der Waals surface area contributed by atoms with Crippen molar-refractivity contribution in [2.24, 2.45) is 0 Å². The van der Waals surface area contributed by atoms with Crippen LogP contribution in [0.2, 0.25) is 0 Å². The van der Waals surface area contributed by atoms with Crippen molar-refractivity contribution in [2.45, 2.75) is 25.5 Å².